The van der Waals surface area contributed by atoms with Gasteiger partial charge in [0.25, 0.3) is 0 Å². The summed E-state index contributed by atoms with van der Waals surface area (Å²) in [7, 11) is 0. The van der Waals surface area contributed by atoms with Gasteiger partial charge in [-0.25, -0.2) is 4.79 Å². The molecule has 162 valence electrons. The minimum atomic E-state index is -0.806. The number of rotatable bonds is 7. The van der Waals surface area contributed by atoms with Crippen molar-refractivity contribution in [3.63, 3.8) is 0 Å². The van der Waals surface area contributed by atoms with Gasteiger partial charge in [-0.15, -0.1) is 0 Å². The Hall–Kier alpha value is -3.66. The SMILES string of the molecule is CCOC(=O)C1=C(C)OC(N)=C(C#N)C1c1c(OCC)ccc2ccc(OCC)cc12. The van der Waals surface area contributed by atoms with Crippen molar-refractivity contribution in [1.82, 2.24) is 0 Å². The highest BCUT2D eigenvalue weighted by atomic mass is 16.5. The van der Waals surface area contributed by atoms with E-state index in [0.29, 0.717) is 36.0 Å². The van der Waals surface area contributed by atoms with Crippen molar-refractivity contribution < 1.29 is 23.7 Å². The average Bonchev–Trinajstić information content (AvgIpc) is 2.73. The van der Waals surface area contributed by atoms with Crippen LogP contribution in [0.4, 0.5) is 0 Å². The first-order valence-electron chi connectivity index (χ1n) is 10.2. The van der Waals surface area contributed by atoms with E-state index in [2.05, 4.69) is 6.07 Å². The van der Waals surface area contributed by atoms with Gasteiger partial charge < -0.3 is 24.7 Å². The van der Waals surface area contributed by atoms with E-state index in [1.807, 2.05) is 44.2 Å². The number of ether oxygens (including phenoxy) is 4. The molecule has 0 aromatic heterocycles. The molecule has 1 heterocycles. The first-order chi connectivity index (χ1) is 15.0. The average molecular weight is 422 g/mol. The Morgan fingerprint density at radius 1 is 1.13 bits per heavy atom. The van der Waals surface area contributed by atoms with Crippen LogP contribution in [0.5, 0.6) is 11.5 Å². The van der Waals surface area contributed by atoms with E-state index in [9.17, 15) is 10.1 Å². The van der Waals surface area contributed by atoms with Crippen molar-refractivity contribution in [2.24, 2.45) is 5.73 Å². The molecule has 0 spiro atoms. The van der Waals surface area contributed by atoms with Gasteiger partial charge in [-0.05, 0) is 56.7 Å². The molecule has 0 aliphatic carbocycles. The highest BCUT2D eigenvalue weighted by molar-refractivity contribution is 5.97. The molecule has 0 fully saturated rings. The fraction of sp³-hybridized carbons (Fsp3) is 0.333. The standard InChI is InChI=1S/C24H26N2O5/c1-5-28-16-10-8-15-9-11-19(29-6-2)21(17(15)12-16)22-18(13-25)23(26)31-14(4)20(22)24(27)30-7-3/h8-12,22H,5-7,26H2,1-4H3. The molecule has 1 aliphatic heterocycles. The Morgan fingerprint density at radius 3 is 2.48 bits per heavy atom. The van der Waals surface area contributed by atoms with Gasteiger partial charge in [0.2, 0.25) is 5.88 Å². The number of hydrogen-bond donors (Lipinski definition) is 1. The largest absolute Gasteiger partial charge is 0.494 e. The van der Waals surface area contributed by atoms with Crippen LogP contribution in [0.25, 0.3) is 10.8 Å². The van der Waals surface area contributed by atoms with Crippen LogP contribution >= 0.6 is 0 Å². The van der Waals surface area contributed by atoms with E-state index in [4.69, 9.17) is 24.7 Å². The van der Waals surface area contributed by atoms with Gasteiger partial charge in [-0.2, -0.15) is 5.26 Å². The number of esters is 1. The fourth-order valence-electron chi connectivity index (χ4n) is 3.78. The molecule has 7 heteroatoms. The van der Waals surface area contributed by atoms with Crippen molar-refractivity contribution in [1.29, 1.82) is 5.26 Å². The van der Waals surface area contributed by atoms with Gasteiger partial charge >= 0.3 is 5.97 Å². The quantitative estimate of drug-likeness (QED) is 0.664. The number of nitriles is 1. The Bertz CT molecular complexity index is 1110. The zero-order valence-corrected chi connectivity index (χ0v) is 18.2. The van der Waals surface area contributed by atoms with Crippen LogP contribution in [-0.2, 0) is 14.3 Å². The summed E-state index contributed by atoms with van der Waals surface area (Å²) in [6.07, 6.45) is 0. The molecule has 2 aromatic carbocycles. The predicted octanol–water partition coefficient (Wildman–Crippen LogP) is 4.28. The Balaban J connectivity index is 2.38. The van der Waals surface area contributed by atoms with E-state index in [1.54, 1.807) is 13.8 Å². The predicted molar refractivity (Wildman–Crippen MR) is 116 cm³/mol. The van der Waals surface area contributed by atoms with Crippen LogP contribution < -0.4 is 15.2 Å². The second kappa shape index (κ2) is 9.43. The molecular formula is C24H26N2O5. The maximum Gasteiger partial charge on any atom is 0.338 e. The number of carbonyl (C=O) groups excluding carboxylic acids is 1. The van der Waals surface area contributed by atoms with E-state index < -0.39 is 11.9 Å². The first-order valence-corrected chi connectivity index (χ1v) is 10.2. The lowest BCUT2D eigenvalue weighted by Gasteiger charge is -2.29. The van der Waals surface area contributed by atoms with Crippen molar-refractivity contribution in [2.45, 2.75) is 33.6 Å². The third-order valence-electron chi connectivity index (χ3n) is 5.00. The van der Waals surface area contributed by atoms with Crippen LogP contribution in [0.1, 0.15) is 39.2 Å². The number of nitrogens with zero attached hydrogens (tertiary/aromatic N) is 1. The maximum atomic E-state index is 12.9. The topological polar surface area (TPSA) is 104 Å². The second-order valence-corrected chi connectivity index (χ2v) is 6.84. The first kappa shape index (κ1) is 22.0. The van der Waals surface area contributed by atoms with Gasteiger partial charge in [0.05, 0.1) is 31.3 Å². The van der Waals surface area contributed by atoms with Crippen LogP contribution in [0, 0.1) is 11.3 Å². The Morgan fingerprint density at radius 2 is 1.84 bits per heavy atom. The van der Waals surface area contributed by atoms with Crippen molar-refractivity contribution in [3.05, 3.63) is 58.7 Å². The summed E-state index contributed by atoms with van der Waals surface area (Å²) in [5.74, 6) is 0.0981. The van der Waals surface area contributed by atoms with E-state index in [-0.39, 0.29) is 23.6 Å². The number of benzene rings is 2. The fourth-order valence-corrected chi connectivity index (χ4v) is 3.78. The lowest BCUT2D eigenvalue weighted by Crippen LogP contribution is -2.26. The molecule has 0 saturated heterocycles. The molecular weight excluding hydrogens is 396 g/mol. The molecule has 1 aliphatic rings. The summed E-state index contributed by atoms with van der Waals surface area (Å²) >= 11 is 0. The summed E-state index contributed by atoms with van der Waals surface area (Å²) in [6, 6.07) is 11.6. The molecule has 3 rings (SSSR count). The smallest absolute Gasteiger partial charge is 0.338 e. The number of carbonyl (C=O) groups is 1. The van der Waals surface area contributed by atoms with E-state index in [1.165, 1.54) is 0 Å². The lowest BCUT2D eigenvalue weighted by molar-refractivity contribution is -0.139. The molecule has 2 aromatic rings. The van der Waals surface area contributed by atoms with E-state index >= 15 is 0 Å². The van der Waals surface area contributed by atoms with Gasteiger partial charge in [-0.3, -0.25) is 0 Å². The molecule has 0 saturated carbocycles. The minimum absolute atomic E-state index is 0.0431. The zero-order chi connectivity index (χ0) is 22.5. The van der Waals surface area contributed by atoms with Gasteiger partial charge in [-0.1, -0.05) is 12.1 Å². The number of fused-ring (bicyclic) bond motifs is 1. The number of allylic oxidation sites excluding steroid dienone is 2. The molecule has 0 amide bonds. The number of nitrogens with two attached hydrogens (primary N) is 1. The summed E-state index contributed by atoms with van der Waals surface area (Å²) in [5.41, 5.74) is 7.07. The van der Waals surface area contributed by atoms with Gasteiger partial charge in [0.1, 0.15) is 28.9 Å². The van der Waals surface area contributed by atoms with Crippen molar-refractivity contribution >= 4 is 16.7 Å². The summed E-state index contributed by atoms with van der Waals surface area (Å²) < 4.78 is 22.4. The van der Waals surface area contributed by atoms with Crippen LogP contribution in [0.3, 0.4) is 0 Å². The highest BCUT2D eigenvalue weighted by Gasteiger charge is 2.38. The van der Waals surface area contributed by atoms with Crippen LogP contribution in [0.15, 0.2) is 53.1 Å². The third-order valence-corrected chi connectivity index (χ3v) is 5.00. The highest BCUT2D eigenvalue weighted by Crippen LogP contribution is 2.46. The molecule has 0 bridgehead atoms. The molecule has 1 unspecified atom stereocenters. The number of hydrogen-bond acceptors (Lipinski definition) is 7. The minimum Gasteiger partial charge on any atom is -0.494 e. The monoisotopic (exact) mass is 422 g/mol. The Labute approximate surface area is 181 Å². The zero-order valence-electron chi connectivity index (χ0n) is 18.2. The third kappa shape index (κ3) is 4.15. The van der Waals surface area contributed by atoms with Crippen molar-refractivity contribution in [3.8, 4) is 17.6 Å². The molecule has 2 N–H and O–H groups in total. The molecule has 31 heavy (non-hydrogen) atoms. The molecule has 1 atom stereocenters. The lowest BCUT2D eigenvalue weighted by atomic mass is 9.80. The molecule has 0 radical (unpaired) electrons. The van der Waals surface area contributed by atoms with E-state index in [0.717, 1.165) is 10.8 Å². The maximum absolute atomic E-state index is 12.9. The summed E-state index contributed by atoms with van der Waals surface area (Å²) in [5, 5.41) is 11.6. The Kier molecular flexibility index (Phi) is 6.71. The van der Waals surface area contributed by atoms with Crippen LogP contribution in [0.2, 0.25) is 0 Å². The summed E-state index contributed by atoms with van der Waals surface area (Å²) in [6.45, 7) is 8.24. The molecule has 7 nitrogen and oxygen atoms in total. The van der Waals surface area contributed by atoms with Gasteiger partial charge in [0.15, 0.2) is 0 Å². The van der Waals surface area contributed by atoms with Gasteiger partial charge in [0, 0.05) is 5.56 Å². The normalized spacial score (nSPS) is 16.0. The van der Waals surface area contributed by atoms with Crippen molar-refractivity contribution in [2.75, 3.05) is 19.8 Å². The second-order valence-electron chi connectivity index (χ2n) is 6.84. The summed E-state index contributed by atoms with van der Waals surface area (Å²) in [4.78, 5) is 12.9. The van der Waals surface area contributed by atoms with Crippen LogP contribution in [-0.4, -0.2) is 25.8 Å².